The van der Waals surface area contributed by atoms with Crippen molar-refractivity contribution < 1.29 is 17.6 Å². The molecule has 1 aromatic rings. The van der Waals surface area contributed by atoms with Crippen molar-refractivity contribution in [3.8, 4) is 0 Å². The second-order valence-corrected chi connectivity index (χ2v) is 4.86. The molecule has 0 amide bonds. The van der Waals surface area contributed by atoms with Crippen LogP contribution in [-0.4, -0.2) is 20.5 Å². The summed E-state index contributed by atoms with van der Waals surface area (Å²) in [6.45, 7) is 0. The van der Waals surface area contributed by atoms with Crippen molar-refractivity contribution >= 4 is 16.1 Å². The van der Waals surface area contributed by atoms with Crippen LogP contribution in [0, 0.1) is 0 Å². The van der Waals surface area contributed by atoms with Gasteiger partial charge in [-0.15, -0.1) is 0 Å². The Balaban J connectivity index is 3.00. The van der Waals surface area contributed by atoms with Gasteiger partial charge in [-0.3, -0.25) is 4.79 Å². The van der Waals surface area contributed by atoms with Gasteiger partial charge in [0.2, 0.25) is 0 Å². The van der Waals surface area contributed by atoms with Gasteiger partial charge < -0.3 is 0 Å². The Morgan fingerprint density at radius 2 is 1.87 bits per heavy atom. The number of carbonyl (C=O) groups is 1. The van der Waals surface area contributed by atoms with Crippen LogP contribution in [0.3, 0.4) is 0 Å². The van der Waals surface area contributed by atoms with Crippen LogP contribution in [0.15, 0.2) is 47.1 Å². The number of halogens is 1. The van der Waals surface area contributed by atoms with Gasteiger partial charge in [0, 0.05) is 5.57 Å². The van der Waals surface area contributed by atoms with E-state index in [0.717, 1.165) is 0 Å². The first kappa shape index (κ1) is 11.6. The first-order valence-corrected chi connectivity index (χ1v) is 5.77. The molecule has 1 rings (SSSR count). The van der Waals surface area contributed by atoms with Gasteiger partial charge in [-0.2, -0.15) is 0 Å². The number of aldehydes is 1. The normalized spacial score (nSPS) is 12.5. The summed E-state index contributed by atoms with van der Waals surface area (Å²) in [6.07, 6.45) is 0.202. The molecule has 0 fully saturated rings. The van der Waals surface area contributed by atoms with E-state index >= 15 is 0 Å². The zero-order valence-electron chi connectivity index (χ0n) is 7.76. The molecule has 0 aliphatic rings. The fourth-order valence-corrected chi connectivity index (χ4v) is 2.33. The molecule has 0 atom stereocenters. The lowest BCUT2D eigenvalue weighted by Gasteiger charge is -2.02. The number of carbonyl (C=O) groups excluding carboxylic acids is 1. The van der Waals surface area contributed by atoms with E-state index in [9.17, 15) is 17.6 Å². The van der Waals surface area contributed by atoms with Gasteiger partial charge in [0.15, 0.2) is 9.84 Å². The van der Waals surface area contributed by atoms with E-state index in [-0.39, 0.29) is 23.1 Å². The lowest BCUT2D eigenvalue weighted by Crippen LogP contribution is -2.09. The van der Waals surface area contributed by atoms with Crippen LogP contribution >= 0.6 is 0 Å². The molecule has 0 radical (unpaired) electrons. The highest BCUT2D eigenvalue weighted by atomic mass is 32.2. The van der Waals surface area contributed by atoms with Crippen LogP contribution in [0.4, 0.5) is 4.39 Å². The van der Waals surface area contributed by atoms with Crippen molar-refractivity contribution in [2.45, 2.75) is 4.90 Å². The van der Waals surface area contributed by atoms with Crippen LogP contribution in [0.1, 0.15) is 0 Å². The molecule has 0 N–H and O–H groups in total. The summed E-state index contributed by atoms with van der Waals surface area (Å²) < 4.78 is 35.2. The molecule has 0 heterocycles. The number of benzene rings is 1. The van der Waals surface area contributed by atoms with Crippen molar-refractivity contribution in [1.82, 2.24) is 0 Å². The van der Waals surface area contributed by atoms with Crippen molar-refractivity contribution in [3.05, 3.63) is 42.2 Å². The summed E-state index contributed by atoms with van der Waals surface area (Å²) in [7, 11) is -3.62. The molecule has 15 heavy (non-hydrogen) atoms. The maximum absolute atomic E-state index is 12.0. The Hall–Kier alpha value is -1.49. The van der Waals surface area contributed by atoms with Crippen molar-refractivity contribution in [2.75, 3.05) is 5.75 Å². The maximum atomic E-state index is 12.0. The Morgan fingerprint density at radius 1 is 1.27 bits per heavy atom. The van der Waals surface area contributed by atoms with Crippen LogP contribution in [0.25, 0.3) is 0 Å². The molecule has 0 bridgehead atoms. The predicted octanol–water partition coefficient (Wildman–Crippen LogP) is 1.51. The molecule has 0 aliphatic carbocycles. The van der Waals surface area contributed by atoms with E-state index in [4.69, 9.17) is 0 Å². The second kappa shape index (κ2) is 4.84. The Morgan fingerprint density at radius 3 is 2.33 bits per heavy atom. The monoisotopic (exact) mass is 228 g/mol. The standard InChI is InChI=1S/C10H9FO3S/c11-6-9(7-12)8-15(13,14)10-4-2-1-3-5-10/h1-7H,8H2/b9-6+. The van der Waals surface area contributed by atoms with Gasteiger partial charge in [-0.25, -0.2) is 12.8 Å². The zero-order valence-corrected chi connectivity index (χ0v) is 8.58. The Labute approximate surface area is 87.2 Å². The minimum atomic E-state index is -3.62. The van der Waals surface area contributed by atoms with Gasteiger partial charge in [-0.1, -0.05) is 18.2 Å². The smallest absolute Gasteiger partial charge is 0.182 e. The molecular weight excluding hydrogens is 219 g/mol. The van der Waals surface area contributed by atoms with Gasteiger partial charge in [0.1, 0.15) is 6.29 Å². The van der Waals surface area contributed by atoms with Crippen LogP contribution in [0.2, 0.25) is 0 Å². The lowest BCUT2D eigenvalue weighted by atomic mass is 10.4. The number of hydrogen-bond donors (Lipinski definition) is 0. The summed E-state index contributed by atoms with van der Waals surface area (Å²) in [5.74, 6) is -0.614. The molecule has 0 saturated carbocycles. The number of sulfone groups is 1. The molecular formula is C10H9FO3S. The van der Waals surface area contributed by atoms with Gasteiger partial charge in [0.05, 0.1) is 17.0 Å². The minimum Gasteiger partial charge on any atom is -0.298 e. The van der Waals surface area contributed by atoms with Crippen LogP contribution in [-0.2, 0) is 14.6 Å². The average Bonchev–Trinajstić information content (AvgIpc) is 2.27. The quantitative estimate of drug-likeness (QED) is 0.579. The SMILES string of the molecule is O=C/C(=C\F)CS(=O)(=O)c1ccccc1. The first-order chi connectivity index (χ1) is 7.10. The van der Waals surface area contributed by atoms with Crippen molar-refractivity contribution in [1.29, 1.82) is 0 Å². The molecule has 0 unspecified atom stereocenters. The van der Waals surface area contributed by atoms with E-state index in [1.165, 1.54) is 12.1 Å². The minimum absolute atomic E-state index is 0.00743. The summed E-state index contributed by atoms with van der Waals surface area (Å²) in [5.41, 5.74) is -0.390. The summed E-state index contributed by atoms with van der Waals surface area (Å²) in [4.78, 5) is 10.3. The first-order valence-electron chi connectivity index (χ1n) is 4.12. The molecule has 0 aliphatic heterocycles. The average molecular weight is 228 g/mol. The second-order valence-electron chi connectivity index (χ2n) is 2.87. The van der Waals surface area contributed by atoms with E-state index in [2.05, 4.69) is 0 Å². The number of rotatable bonds is 4. The van der Waals surface area contributed by atoms with E-state index in [0.29, 0.717) is 0 Å². The third-order valence-electron chi connectivity index (χ3n) is 1.75. The highest BCUT2D eigenvalue weighted by Crippen LogP contribution is 2.12. The van der Waals surface area contributed by atoms with Gasteiger partial charge in [0.25, 0.3) is 0 Å². The lowest BCUT2D eigenvalue weighted by molar-refractivity contribution is -0.104. The molecule has 1 aromatic carbocycles. The van der Waals surface area contributed by atoms with Crippen molar-refractivity contribution in [3.63, 3.8) is 0 Å². The predicted molar refractivity (Wildman–Crippen MR) is 53.7 cm³/mol. The third kappa shape index (κ3) is 2.99. The van der Waals surface area contributed by atoms with E-state index in [1.807, 2.05) is 0 Å². The maximum Gasteiger partial charge on any atom is 0.182 e. The number of hydrogen-bond acceptors (Lipinski definition) is 3. The summed E-state index contributed by atoms with van der Waals surface area (Å²) in [6, 6.07) is 7.59. The Kier molecular flexibility index (Phi) is 3.74. The van der Waals surface area contributed by atoms with Gasteiger partial charge >= 0.3 is 0 Å². The molecule has 0 aromatic heterocycles. The van der Waals surface area contributed by atoms with Crippen LogP contribution < -0.4 is 0 Å². The molecule has 0 saturated heterocycles. The molecule has 3 nitrogen and oxygen atoms in total. The topological polar surface area (TPSA) is 51.2 Å². The van der Waals surface area contributed by atoms with E-state index < -0.39 is 15.6 Å². The largest absolute Gasteiger partial charge is 0.298 e. The summed E-state index contributed by atoms with van der Waals surface area (Å²) in [5, 5.41) is 0. The summed E-state index contributed by atoms with van der Waals surface area (Å²) >= 11 is 0. The third-order valence-corrected chi connectivity index (χ3v) is 3.45. The fourth-order valence-electron chi connectivity index (χ4n) is 1.02. The molecule has 0 spiro atoms. The van der Waals surface area contributed by atoms with E-state index in [1.54, 1.807) is 18.2 Å². The van der Waals surface area contributed by atoms with Crippen molar-refractivity contribution in [2.24, 2.45) is 0 Å². The van der Waals surface area contributed by atoms with Crippen LogP contribution in [0.5, 0.6) is 0 Å². The highest BCUT2D eigenvalue weighted by molar-refractivity contribution is 7.91. The Bertz CT molecular complexity index is 463. The fraction of sp³-hybridized carbons (Fsp3) is 0.100. The molecule has 5 heteroatoms. The zero-order chi connectivity index (χ0) is 11.3. The van der Waals surface area contributed by atoms with Gasteiger partial charge in [-0.05, 0) is 12.1 Å². The highest BCUT2D eigenvalue weighted by Gasteiger charge is 2.15. The molecule has 80 valence electrons.